The molecule has 27 heavy (non-hydrogen) atoms. The molecule has 0 heterocycles. The highest BCUT2D eigenvalue weighted by Gasteiger charge is 2.30. The maximum Gasteiger partial charge on any atom is 0.416 e. The standard InChI is InChI=1S/C17H25F3N4OS.HI/c1-12(26-4)9-21-16(23-11-15(25)24(2)3)22-10-13-6-5-7-14(8-13)17(18,19)20;/h5-8,12H,9-11H2,1-4H3,(H2,21,22,23);1H. The van der Waals surface area contributed by atoms with Crippen molar-refractivity contribution in [1.82, 2.24) is 15.5 Å². The number of benzene rings is 1. The number of nitrogens with one attached hydrogen (secondary N) is 2. The average Bonchev–Trinajstić information content (AvgIpc) is 2.59. The molecule has 10 heteroatoms. The maximum absolute atomic E-state index is 12.8. The van der Waals surface area contributed by atoms with Crippen LogP contribution in [0.3, 0.4) is 0 Å². The molecule has 1 amide bonds. The highest BCUT2D eigenvalue weighted by atomic mass is 127. The summed E-state index contributed by atoms with van der Waals surface area (Å²) in [6, 6.07) is 5.06. The van der Waals surface area contributed by atoms with E-state index in [0.29, 0.717) is 23.3 Å². The zero-order valence-corrected chi connectivity index (χ0v) is 18.9. The molecule has 154 valence electrons. The molecule has 0 aliphatic rings. The van der Waals surface area contributed by atoms with Crippen molar-refractivity contribution in [3.63, 3.8) is 0 Å². The minimum Gasteiger partial charge on any atom is -0.355 e. The number of carbonyl (C=O) groups is 1. The average molecular weight is 518 g/mol. The maximum atomic E-state index is 12.8. The molecule has 0 aliphatic heterocycles. The van der Waals surface area contributed by atoms with E-state index in [9.17, 15) is 18.0 Å². The smallest absolute Gasteiger partial charge is 0.355 e. The summed E-state index contributed by atoms with van der Waals surface area (Å²) in [5.41, 5.74) is -0.260. The molecule has 1 rings (SSSR count). The van der Waals surface area contributed by atoms with Gasteiger partial charge in [-0.15, -0.1) is 24.0 Å². The number of alkyl halides is 3. The van der Waals surface area contributed by atoms with E-state index in [1.54, 1.807) is 31.9 Å². The van der Waals surface area contributed by atoms with E-state index in [1.165, 1.54) is 11.0 Å². The van der Waals surface area contributed by atoms with E-state index in [0.717, 1.165) is 12.1 Å². The van der Waals surface area contributed by atoms with Crippen molar-refractivity contribution in [2.75, 3.05) is 33.4 Å². The Balaban J connectivity index is 0.00000676. The molecule has 1 atom stereocenters. The lowest BCUT2D eigenvalue weighted by Crippen LogP contribution is -2.44. The highest BCUT2D eigenvalue weighted by Crippen LogP contribution is 2.29. The Hall–Kier alpha value is -1.17. The van der Waals surface area contributed by atoms with Gasteiger partial charge in [-0.05, 0) is 24.0 Å². The molecule has 2 N–H and O–H groups in total. The summed E-state index contributed by atoms with van der Waals surface area (Å²) in [4.78, 5) is 17.5. The fraction of sp³-hybridized carbons (Fsp3) is 0.529. The molecule has 0 aliphatic carbocycles. The molecular weight excluding hydrogens is 492 g/mol. The quantitative estimate of drug-likeness (QED) is 0.331. The van der Waals surface area contributed by atoms with Crippen LogP contribution in [-0.4, -0.2) is 55.5 Å². The number of guanidine groups is 1. The zero-order valence-electron chi connectivity index (χ0n) is 15.8. The Morgan fingerprint density at radius 3 is 2.52 bits per heavy atom. The first-order valence-electron chi connectivity index (χ1n) is 8.04. The number of likely N-dealkylation sites (N-methyl/N-ethyl adjacent to an activating group) is 1. The van der Waals surface area contributed by atoms with Crippen LogP contribution in [-0.2, 0) is 17.5 Å². The molecule has 0 aromatic heterocycles. The van der Waals surface area contributed by atoms with Gasteiger partial charge < -0.3 is 15.5 Å². The summed E-state index contributed by atoms with van der Waals surface area (Å²) in [5.74, 6) is 0.259. The fourth-order valence-corrected chi connectivity index (χ4v) is 2.08. The van der Waals surface area contributed by atoms with Crippen LogP contribution in [0.15, 0.2) is 29.3 Å². The fourth-order valence-electron chi connectivity index (χ4n) is 1.83. The van der Waals surface area contributed by atoms with Gasteiger partial charge in [0.05, 0.1) is 18.7 Å². The van der Waals surface area contributed by atoms with Crippen LogP contribution in [0, 0.1) is 0 Å². The number of nitrogens with zero attached hydrogens (tertiary/aromatic N) is 2. The van der Waals surface area contributed by atoms with E-state index < -0.39 is 11.7 Å². The molecule has 0 saturated heterocycles. The predicted octanol–water partition coefficient (Wildman–Crippen LogP) is 3.20. The van der Waals surface area contributed by atoms with Crippen molar-refractivity contribution in [2.45, 2.75) is 24.9 Å². The van der Waals surface area contributed by atoms with Gasteiger partial charge in [0.2, 0.25) is 5.91 Å². The third kappa shape index (κ3) is 10.1. The molecule has 0 bridgehead atoms. The van der Waals surface area contributed by atoms with E-state index in [1.807, 2.05) is 13.2 Å². The summed E-state index contributed by atoms with van der Waals surface area (Å²) >= 11 is 1.67. The number of hydrogen-bond acceptors (Lipinski definition) is 3. The van der Waals surface area contributed by atoms with Gasteiger partial charge in [-0.3, -0.25) is 4.79 Å². The summed E-state index contributed by atoms with van der Waals surface area (Å²) in [7, 11) is 3.29. The van der Waals surface area contributed by atoms with Gasteiger partial charge in [-0.25, -0.2) is 4.99 Å². The lowest BCUT2D eigenvalue weighted by atomic mass is 10.1. The van der Waals surface area contributed by atoms with E-state index in [-0.39, 0.29) is 43.0 Å². The Morgan fingerprint density at radius 2 is 1.96 bits per heavy atom. The van der Waals surface area contributed by atoms with Crippen molar-refractivity contribution in [2.24, 2.45) is 4.99 Å². The van der Waals surface area contributed by atoms with Gasteiger partial charge in [-0.2, -0.15) is 24.9 Å². The minimum atomic E-state index is -4.38. The first-order valence-corrected chi connectivity index (χ1v) is 9.33. The van der Waals surface area contributed by atoms with Crippen LogP contribution in [0.1, 0.15) is 18.1 Å². The number of hydrogen-bond donors (Lipinski definition) is 2. The monoisotopic (exact) mass is 518 g/mol. The molecule has 5 nitrogen and oxygen atoms in total. The number of aliphatic imine (C=N–C) groups is 1. The molecule has 0 saturated carbocycles. The summed E-state index contributed by atoms with van der Waals surface area (Å²) in [5, 5.41) is 6.34. The largest absolute Gasteiger partial charge is 0.416 e. The second-order valence-electron chi connectivity index (χ2n) is 5.93. The molecule has 1 aromatic rings. The van der Waals surface area contributed by atoms with Crippen LogP contribution in [0.25, 0.3) is 0 Å². The summed E-state index contributed by atoms with van der Waals surface area (Å²) < 4.78 is 38.4. The summed E-state index contributed by atoms with van der Waals surface area (Å²) in [6.45, 7) is 2.77. The van der Waals surface area contributed by atoms with Gasteiger partial charge in [0.1, 0.15) is 0 Å². The lowest BCUT2D eigenvalue weighted by Gasteiger charge is -2.17. The number of rotatable bonds is 7. The third-order valence-corrected chi connectivity index (χ3v) is 4.51. The van der Waals surface area contributed by atoms with E-state index in [2.05, 4.69) is 15.6 Å². The minimum absolute atomic E-state index is 0. The van der Waals surface area contributed by atoms with Crippen molar-refractivity contribution in [3.05, 3.63) is 35.4 Å². The first kappa shape index (κ1) is 25.8. The van der Waals surface area contributed by atoms with Gasteiger partial charge in [-0.1, -0.05) is 19.1 Å². The number of halogens is 4. The predicted molar refractivity (Wildman–Crippen MR) is 116 cm³/mol. The van der Waals surface area contributed by atoms with Crippen molar-refractivity contribution in [3.8, 4) is 0 Å². The number of carbonyl (C=O) groups excluding carboxylic acids is 1. The Labute approximate surface area is 179 Å². The lowest BCUT2D eigenvalue weighted by molar-refractivity contribution is -0.137. The van der Waals surface area contributed by atoms with Gasteiger partial charge in [0.25, 0.3) is 0 Å². The van der Waals surface area contributed by atoms with Gasteiger partial charge >= 0.3 is 6.18 Å². The Morgan fingerprint density at radius 1 is 1.30 bits per heavy atom. The SMILES string of the molecule is CSC(C)CNC(=NCc1cccc(C(F)(F)F)c1)NCC(=O)N(C)C.I. The Kier molecular flexibility index (Phi) is 11.8. The van der Waals surface area contributed by atoms with E-state index >= 15 is 0 Å². The molecular formula is C17H26F3IN4OS. The molecule has 0 spiro atoms. The molecule has 0 fully saturated rings. The van der Waals surface area contributed by atoms with E-state index in [4.69, 9.17) is 0 Å². The van der Waals surface area contributed by atoms with Crippen molar-refractivity contribution >= 4 is 47.6 Å². The zero-order chi connectivity index (χ0) is 19.7. The second kappa shape index (κ2) is 12.3. The molecule has 0 radical (unpaired) electrons. The number of thioether (sulfide) groups is 1. The summed E-state index contributed by atoms with van der Waals surface area (Å²) in [6.07, 6.45) is -2.40. The van der Waals surface area contributed by atoms with Crippen molar-refractivity contribution < 1.29 is 18.0 Å². The third-order valence-electron chi connectivity index (χ3n) is 3.54. The molecule has 1 aromatic carbocycles. The van der Waals surface area contributed by atoms with Crippen LogP contribution in [0.2, 0.25) is 0 Å². The van der Waals surface area contributed by atoms with Gasteiger partial charge in [0.15, 0.2) is 5.96 Å². The van der Waals surface area contributed by atoms with Gasteiger partial charge in [0, 0.05) is 25.9 Å². The molecule has 1 unspecified atom stereocenters. The number of amides is 1. The highest BCUT2D eigenvalue weighted by molar-refractivity contribution is 14.0. The topological polar surface area (TPSA) is 56.7 Å². The first-order chi connectivity index (χ1) is 12.1. The Bertz CT molecular complexity index is 626. The van der Waals surface area contributed by atoms with Crippen LogP contribution >= 0.6 is 35.7 Å². The van der Waals surface area contributed by atoms with Crippen LogP contribution < -0.4 is 10.6 Å². The second-order valence-corrected chi connectivity index (χ2v) is 7.21. The normalized spacial score (nSPS) is 12.8. The van der Waals surface area contributed by atoms with Crippen LogP contribution in [0.4, 0.5) is 13.2 Å². The van der Waals surface area contributed by atoms with Crippen molar-refractivity contribution in [1.29, 1.82) is 0 Å². The van der Waals surface area contributed by atoms with Crippen LogP contribution in [0.5, 0.6) is 0 Å².